The van der Waals surface area contributed by atoms with Crippen LogP contribution in [0.4, 0.5) is 4.79 Å². The predicted molar refractivity (Wildman–Crippen MR) is 78.3 cm³/mol. The van der Waals surface area contributed by atoms with E-state index in [1.165, 1.54) is 25.7 Å². The molecule has 19 heavy (non-hydrogen) atoms. The van der Waals surface area contributed by atoms with Gasteiger partial charge in [0.1, 0.15) is 5.60 Å². The molecule has 1 unspecified atom stereocenters. The van der Waals surface area contributed by atoms with Crippen LogP contribution >= 0.6 is 0 Å². The van der Waals surface area contributed by atoms with E-state index in [2.05, 4.69) is 12.2 Å². The summed E-state index contributed by atoms with van der Waals surface area (Å²) in [6.07, 6.45) is 5.20. The second kappa shape index (κ2) is 7.13. The number of likely N-dealkylation sites (N-methyl/N-ethyl adjacent to an activating group) is 1. The largest absolute Gasteiger partial charge is 0.444 e. The highest BCUT2D eigenvalue weighted by molar-refractivity contribution is 5.67. The molecule has 4 nitrogen and oxygen atoms in total. The lowest BCUT2D eigenvalue weighted by atomic mass is 9.81. The highest BCUT2D eigenvalue weighted by atomic mass is 16.6. The summed E-state index contributed by atoms with van der Waals surface area (Å²) in [7, 11) is 1.78. The van der Waals surface area contributed by atoms with E-state index in [1.54, 1.807) is 11.9 Å². The Kier molecular flexibility index (Phi) is 6.11. The number of rotatable bonds is 6. The summed E-state index contributed by atoms with van der Waals surface area (Å²) in [6, 6.07) is 0.539. The zero-order valence-corrected chi connectivity index (χ0v) is 13.2. The van der Waals surface area contributed by atoms with Gasteiger partial charge in [-0.2, -0.15) is 0 Å². The highest BCUT2D eigenvalue weighted by Gasteiger charge is 2.21. The standard InChI is InChI=1S/C15H30N2O2/c1-12(11-13-7-6-8-13)16-9-10-17(5)14(18)19-15(2,3)4/h12-13,16H,6-11H2,1-5H3. The second-order valence-corrected chi connectivity index (χ2v) is 6.79. The topological polar surface area (TPSA) is 41.6 Å². The van der Waals surface area contributed by atoms with Gasteiger partial charge in [0.25, 0.3) is 0 Å². The van der Waals surface area contributed by atoms with Gasteiger partial charge in [-0.1, -0.05) is 19.3 Å². The summed E-state index contributed by atoms with van der Waals surface area (Å²) in [5.74, 6) is 0.922. The second-order valence-electron chi connectivity index (χ2n) is 6.79. The van der Waals surface area contributed by atoms with Gasteiger partial charge in [0, 0.05) is 26.2 Å². The van der Waals surface area contributed by atoms with E-state index in [0.29, 0.717) is 12.6 Å². The first-order chi connectivity index (χ1) is 8.78. The van der Waals surface area contributed by atoms with Crippen molar-refractivity contribution in [3.05, 3.63) is 0 Å². The van der Waals surface area contributed by atoms with Crippen LogP contribution in [-0.2, 0) is 4.74 Å². The molecule has 112 valence electrons. The fourth-order valence-corrected chi connectivity index (χ4v) is 2.22. The van der Waals surface area contributed by atoms with Crippen LogP contribution in [0.25, 0.3) is 0 Å². The van der Waals surface area contributed by atoms with E-state index in [9.17, 15) is 4.79 Å². The van der Waals surface area contributed by atoms with Gasteiger partial charge in [-0.05, 0) is 40.0 Å². The van der Waals surface area contributed by atoms with E-state index in [4.69, 9.17) is 4.74 Å². The minimum atomic E-state index is -0.420. The summed E-state index contributed by atoms with van der Waals surface area (Å²) in [5, 5.41) is 3.48. The molecule has 0 heterocycles. The van der Waals surface area contributed by atoms with Gasteiger partial charge in [-0.15, -0.1) is 0 Å². The summed E-state index contributed by atoms with van der Waals surface area (Å²) in [6.45, 7) is 9.40. The molecule has 0 aromatic heterocycles. The molecule has 0 aromatic carbocycles. The van der Waals surface area contributed by atoms with Crippen molar-refractivity contribution in [3.8, 4) is 0 Å². The highest BCUT2D eigenvalue weighted by Crippen LogP contribution is 2.30. The van der Waals surface area contributed by atoms with Gasteiger partial charge in [-0.25, -0.2) is 4.79 Å². The lowest BCUT2D eigenvalue weighted by Crippen LogP contribution is -2.40. The average molecular weight is 270 g/mol. The molecule has 1 fully saturated rings. The molecule has 1 rings (SSSR count). The minimum absolute atomic E-state index is 0.249. The third kappa shape index (κ3) is 6.81. The number of hydrogen-bond acceptors (Lipinski definition) is 3. The van der Waals surface area contributed by atoms with E-state index in [1.807, 2.05) is 20.8 Å². The molecule has 0 aromatic rings. The van der Waals surface area contributed by atoms with Crippen LogP contribution < -0.4 is 5.32 Å². The quantitative estimate of drug-likeness (QED) is 0.806. The molecular weight excluding hydrogens is 240 g/mol. The lowest BCUT2D eigenvalue weighted by molar-refractivity contribution is 0.0299. The maximum atomic E-state index is 11.7. The van der Waals surface area contributed by atoms with Crippen molar-refractivity contribution in [1.29, 1.82) is 0 Å². The maximum absolute atomic E-state index is 11.7. The van der Waals surface area contributed by atoms with Crippen LogP contribution in [0.15, 0.2) is 0 Å². The Balaban J connectivity index is 2.11. The number of ether oxygens (including phenoxy) is 1. The predicted octanol–water partition coefficient (Wildman–Crippen LogP) is 3.02. The fourth-order valence-electron chi connectivity index (χ4n) is 2.22. The number of carbonyl (C=O) groups is 1. The van der Waals surface area contributed by atoms with Gasteiger partial charge in [0.05, 0.1) is 0 Å². The number of nitrogens with zero attached hydrogens (tertiary/aromatic N) is 1. The van der Waals surface area contributed by atoms with E-state index in [0.717, 1.165) is 12.5 Å². The smallest absolute Gasteiger partial charge is 0.410 e. The Bertz CT molecular complexity index is 282. The van der Waals surface area contributed by atoms with Gasteiger partial charge >= 0.3 is 6.09 Å². The number of amides is 1. The van der Waals surface area contributed by atoms with Crippen LogP contribution in [0, 0.1) is 5.92 Å². The Hall–Kier alpha value is -0.770. The normalized spacial score (nSPS) is 17.7. The first-order valence-corrected chi connectivity index (χ1v) is 7.45. The zero-order valence-electron chi connectivity index (χ0n) is 13.2. The van der Waals surface area contributed by atoms with Crippen molar-refractivity contribution in [1.82, 2.24) is 10.2 Å². The van der Waals surface area contributed by atoms with Gasteiger partial charge < -0.3 is 15.0 Å². The maximum Gasteiger partial charge on any atom is 0.410 e. The molecule has 0 spiro atoms. The summed E-state index contributed by atoms with van der Waals surface area (Å²) in [4.78, 5) is 13.4. The van der Waals surface area contributed by atoms with Crippen molar-refractivity contribution in [3.63, 3.8) is 0 Å². The molecule has 1 aliphatic carbocycles. The molecule has 0 saturated heterocycles. The third-order valence-electron chi connectivity index (χ3n) is 3.56. The molecule has 1 amide bonds. The van der Waals surface area contributed by atoms with Crippen LogP contribution in [-0.4, -0.2) is 42.8 Å². The molecular formula is C15H30N2O2. The lowest BCUT2D eigenvalue weighted by Gasteiger charge is -2.29. The van der Waals surface area contributed by atoms with Crippen LogP contribution in [0.5, 0.6) is 0 Å². The number of carbonyl (C=O) groups excluding carboxylic acids is 1. The Morgan fingerprint density at radius 1 is 1.42 bits per heavy atom. The molecule has 1 N–H and O–H groups in total. The van der Waals surface area contributed by atoms with Crippen LogP contribution in [0.1, 0.15) is 53.4 Å². The first kappa shape index (κ1) is 16.3. The molecule has 0 bridgehead atoms. The van der Waals surface area contributed by atoms with E-state index in [-0.39, 0.29) is 6.09 Å². The van der Waals surface area contributed by atoms with Gasteiger partial charge in [0.2, 0.25) is 0 Å². The molecule has 1 saturated carbocycles. The van der Waals surface area contributed by atoms with Crippen LogP contribution in [0.2, 0.25) is 0 Å². The molecule has 1 atom stereocenters. The SMILES string of the molecule is CC(CC1CCC1)NCCN(C)C(=O)OC(C)(C)C. The molecule has 0 radical (unpaired) electrons. The summed E-state index contributed by atoms with van der Waals surface area (Å²) < 4.78 is 5.31. The Morgan fingerprint density at radius 3 is 2.53 bits per heavy atom. The first-order valence-electron chi connectivity index (χ1n) is 7.45. The van der Waals surface area contributed by atoms with Crippen molar-refractivity contribution in [2.45, 2.75) is 65.0 Å². The Labute approximate surface area is 117 Å². The van der Waals surface area contributed by atoms with Crippen molar-refractivity contribution < 1.29 is 9.53 Å². The number of hydrogen-bond donors (Lipinski definition) is 1. The monoisotopic (exact) mass is 270 g/mol. The van der Waals surface area contributed by atoms with E-state index < -0.39 is 5.60 Å². The minimum Gasteiger partial charge on any atom is -0.444 e. The molecule has 4 heteroatoms. The summed E-state index contributed by atoms with van der Waals surface area (Å²) in [5.41, 5.74) is -0.420. The average Bonchev–Trinajstić information content (AvgIpc) is 2.21. The van der Waals surface area contributed by atoms with Gasteiger partial charge in [-0.3, -0.25) is 0 Å². The van der Waals surface area contributed by atoms with Crippen LogP contribution in [0.3, 0.4) is 0 Å². The van der Waals surface area contributed by atoms with Crippen molar-refractivity contribution in [2.75, 3.05) is 20.1 Å². The van der Waals surface area contributed by atoms with Gasteiger partial charge in [0.15, 0.2) is 0 Å². The van der Waals surface area contributed by atoms with Crippen molar-refractivity contribution >= 4 is 6.09 Å². The fraction of sp³-hybridized carbons (Fsp3) is 0.933. The molecule has 0 aliphatic heterocycles. The number of nitrogens with one attached hydrogen (secondary N) is 1. The van der Waals surface area contributed by atoms with Crippen molar-refractivity contribution in [2.24, 2.45) is 5.92 Å². The Morgan fingerprint density at radius 2 is 2.05 bits per heavy atom. The zero-order chi connectivity index (χ0) is 14.5. The van der Waals surface area contributed by atoms with E-state index >= 15 is 0 Å². The molecule has 1 aliphatic rings. The summed E-state index contributed by atoms with van der Waals surface area (Å²) >= 11 is 0. The third-order valence-corrected chi connectivity index (χ3v) is 3.56.